The number of phenols is 1. The Labute approximate surface area is 604 Å². The molecule has 2 aliphatic heterocycles. The molecule has 43 nitrogen and oxygen atoms in total. The van der Waals surface area contributed by atoms with Crippen molar-refractivity contribution < 1.29 is 117 Å². The number of phenolic OH excluding ortho intramolecular Hbond substituents is 1. The van der Waals surface area contributed by atoms with E-state index in [9.17, 15) is 112 Å². The number of thiol groups is 2. The molecule has 2 heterocycles. The van der Waals surface area contributed by atoms with Crippen molar-refractivity contribution in [1.82, 2.24) is 94.9 Å². The van der Waals surface area contributed by atoms with Crippen LogP contribution in [-0.2, 0) is 97.5 Å². The standard InChI is InChI=1S/C59H83N19O24S2/c1-3-32(71-57(99)39-7-5-13-78(39)49(92)24-66-44(87)19-64-45(88)20-69-56(98)38-6-4-12-77(38)48(91)23-65-43(86)18-63-42(85)17-62-41(84)16-61-40(83)15-60)53(95)72-33(14-30-8-10-31(82)11-9-30)51(93)67-21-46(89)70-36(27-103)52(94)68-22-47(90)76-50(29(2)81)58(100)73-34(25-79)54(96)75-37(28-104)55(97)74-35(26-80)59(101)102/h8-11,16-20,23,29,32-39,50,79-82,103-104H,3-7,12-15,21-22,24-28,60H2,1-2H3,(H,61,83)(H,62,84)(H,63,85)(H,64,88)(H,65,86)(H,66,87)(H,67,93)(H,68,94)(H,69,98)(H,70,89)(H,71,99)(H,72,95)(H,73,100)(H,74,97)(H,75,96)(H,76,90)(H,101,102)/t29-,32+,33+,34+,35+,36+,37+,38+,39+,50+/m1/s1. The van der Waals surface area contributed by atoms with Crippen LogP contribution >= 0.6 is 25.3 Å². The molecule has 1 aromatic carbocycles. The highest BCUT2D eigenvalue weighted by molar-refractivity contribution is 7.80. The first-order chi connectivity index (χ1) is 49.3. The third-order valence-electron chi connectivity index (χ3n) is 14.6. The molecule has 0 aliphatic carbocycles. The van der Waals surface area contributed by atoms with Gasteiger partial charge in [0.05, 0.1) is 45.5 Å². The molecule has 104 heavy (non-hydrogen) atoms. The van der Waals surface area contributed by atoms with Crippen LogP contribution in [0.25, 0.3) is 0 Å². The first kappa shape index (κ1) is 87.7. The van der Waals surface area contributed by atoms with Crippen LogP contribution in [0.5, 0.6) is 5.75 Å². The number of carbonyl (C=O) groups excluding carboxylic acids is 18. The number of nitrogens with zero attached hydrogens (tertiary/aromatic N) is 2. The molecule has 45 heteroatoms. The van der Waals surface area contributed by atoms with Gasteiger partial charge in [-0.2, -0.15) is 25.3 Å². The third kappa shape index (κ3) is 30.6. The molecular formula is C59H83N19O24S2. The molecule has 0 spiro atoms. The second kappa shape index (κ2) is 45.5. The Kier molecular flexibility index (Phi) is 38.3. The molecule has 0 aromatic heterocycles. The molecule has 0 saturated carbocycles. The van der Waals surface area contributed by atoms with E-state index < -0.39 is 218 Å². The van der Waals surface area contributed by atoms with E-state index in [-0.39, 0.29) is 50.3 Å². The molecule has 6 radical (unpaired) electrons. The first-order valence-electron chi connectivity index (χ1n) is 31.5. The number of carboxylic acids is 1. The molecule has 0 unspecified atom stereocenters. The number of amides is 18. The largest absolute Gasteiger partial charge is 0.508 e. The summed E-state index contributed by atoms with van der Waals surface area (Å²) in [6, 6.07) is -7.98. The van der Waals surface area contributed by atoms with Gasteiger partial charge in [-0.25, -0.2) is 4.79 Å². The fraction of sp³-hybridized carbons (Fsp3) is 0.475. The summed E-state index contributed by atoms with van der Waals surface area (Å²) in [5.74, 6) is -19.7. The minimum absolute atomic E-state index is 0.0517. The van der Waals surface area contributed by atoms with Crippen molar-refractivity contribution in [3.05, 3.63) is 69.1 Å². The molecule has 1 aromatic rings. The summed E-state index contributed by atoms with van der Waals surface area (Å²) in [6.45, 7) is 1.82. The highest BCUT2D eigenvalue weighted by Crippen LogP contribution is 2.20. The topological polar surface area (TPSA) is 650 Å². The maximum absolute atomic E-state index is 13.9. The van der Waals surface area contributed by atoms with Gasteiger partial charge >= 0.3 is 5.97 Å². The highest BCUT2D eigenvalue weighted by Gasteiger charge is 2.39. The van der Waals surface area contributed by atoms with Gasteiger partial charge in [0.1, 0.15) is 99.4 Å². The van der Waals surface area contributed by atoms with Gasteiger partial charge < -0.3 is 126 Å². The monoisotopic (exact) mass is 1510 g/mol. The van der Waals surface area contributed by atoms with Crippen LogP contribution in [-0.4, -0.2) is 272 Å². The van der Waals surface area contributed by atoms with Gasteiger partial charge in [-0.15, -0.1) is 0 Å². The Morgan fingerprint density at radius 1 is 0.500 bits per heavy atom. The number of aromatic hydroxyl groups is 1. The van der Waals surface area contributed by atoms with Crippen molar-refractivity contribution in [2.75, 3.05) is 64.0 Å². The van der Waals surface area contributed by atoms with Crippen LogP contribution in [0.4, 0.5) is 0 Å². The van der Waals surface area contributed by atoms with E-state index >= 15 is 0 Å². The van der Waals surface area contributed by atoms with Crippen molar-refractivity contribution in [2.24, 2.45) is 5.73 Å². The highest BCUT2D eigenvalue weighted by atomic mass is 32.1. The lowest BCUT2D eigenvalue weighted by Crippen LogP contribution is -2.61. The number of carboxylic acid groups (broad SMARTS) is 1. The Hall–Kier alpha value is -10.5. The number of rotatable bonds is 43. The van der Waals surface area contributed by atoms with Gasteiger partial charge in [-0.05, 0) is 56.7 Å². The minimum Gasteiger partial charge on any atom is -0.508 e. The average Bonchev–Trinajstić information content (AvgIpc) is 1.69. The number of aliphatic hydroxyl groups is 3. The summed E-state index contributed by atoms with van der Waals surface area (Å²) in [6.07, 6.45) is -1.02. The van der Waals surface area contributed by atoms with Gasteiger partial charge in [0.2, 0.25) is 106 Å². The van der Waals surface area contributed by atoms with Gasteiger partial charge in [-0.1, -0.05) is 19.1 Å². The van der Waals surface area contributed by atoms with Gasteiger partial charge in [0, 0.05) is 31.0 Å². The fourth-order valence-corrected chi connectivity index (χ4v) is 9.70. The van der Waals surface area contributed by atoms with E-state index in [2.05, 4.69) is 89.1 Å². The molecule has 2 saturated heterocycles. The smallest absolute Gasteiger partial charge is 0.328 e. The van der Waals surface area contributed by atoms with Gasteiger partial charge in [-0.3, -0.25) is 86.3 Å². The molecule has 570 valence electrons. The van der Waals surface area contributed by atoms with Crippen LogP contribution < -0.4 is 90.8 Å². The fourth-order valence-electron chi connectivity index (χ4n) is 9.19. The molecular weight excluding hydrogens is 1420 g/mol. The number of likely N-dealkylation sites (tertiary alicyclic amines) is 2. The maximum Gasteiger partial charge on any atom is 0.328 e. The number of benzene rings is 1. The van der Waals surface area contributed by atoms with Crippen LogP contribution in [0.15, 0.2) is 24.3 Å². The van der Waals surface area contributed by atoms with Gasteiger partial charge in [0.25, 0.3) is 0 Å². The third-order valence-corrected chi connectivity index (χ3v) is 15.4. The zero-order valence-corrected chi connectivity index (χ0v) is 57.5. The second-order valence-electron chi connectivity index (χ2n) is 22.3. The van der Waals surface area contributed by atoms with E-state index in [1.807, 2.05) is 21.3 Å². The lowest BCUT2D eigenvalue weighted by molar-refractivity contribution is -0.143. The number of aliphatic carboxylic acids is 1. The number of carbonyl (C=O) groups is 19. The molecule has 2 aliphatic rings. The van der Waals surface area contributed by atoms with Crippen molar-refractivity contribution in [2.45, 2.75) is 113 Å². The normalized spacial score (nSPS) is 16.0. The van der Waals surface area contributed by atoms with Crippen molar-refractivity contribution >= 4 is 138 Å². The Morgan fingerprint density at radius 2 is 0.952 bits per heavy atom. The Balaban J connectivity index is 1.48. The Bertz CT molecular complexity index is 3280. The first-order valence-corrected chi connectivity index (χ1v) is 32.7. The van der Waals surface area contributed by atoms with Crippen molar-refractivity contribution in [3.63, 3.8) is 0 Å². The maximum atomic E-state index is 13.9. The number of nitrogens with one attached hydrogen (secondary N) is 16. The molecule has 0 bridgehead atoms. The molecule has 10 atom stereocenters. The summed E-state index contributed by atoms with van der Waals surface area (Å²) < 4.78 is 0. The summed E-state index contributed by atoms with van der Waals surface area (Å²) in [5, 5.41) is 83.3. The second-order valence-corrected chi connectivity index (χ2v) is 23.1. The lowest BCUT2D eigenvalue weighted by Gasteiger charge is -2.27. The van der Waals surface area contributed by atoms with Crippen LogP contribution in [0, 0.1) is 39.3 Å². The van der Waals surface area contributed by atoms with Crippen LogP contribution in [0.3, 0.4) is 0 Å². The number of nitrogens with two attached hydrogens (primary N) is 1. The molecule has 3 rings (SSSR count). The number of hydrogen-bond donors (Lipinski definition) is 24. The summed E-state index contributed by atoms with van der Waals surface area (Å²) in [4.78, 5) is 244. The predicted octanol–water partition coefficient (Wildman–Crippen LogP) is -13.0. The van der Waals surface area contributed by atoms with E-state index in [1.165, 1.54) is 31.2 Å². The van der Waals surface area contributed by atoms with E-state index in [4.69, 9.17) is 10.8 Å². The van der Waals surface area contributed by atoms with Gasteiger partial charge in [0.15, 0.2) is 0 Å². The number of hydrogen-bond acceptors (Lipinski definition) is 26. The van der Waals surface area contributed by atoms with Crippen molar-refractivity contribution in [1.29, 1.82) is 0 Å². The van der Waals surface area contributed by atoms with Crippen molar-refractivity contribution in [3.8, 4) is 5.75 Å². The zero-order valence-electron chi connectivity index (χ0n) is 55.7. The summed E-state index contributed by atoms with van der Waals surface area (Å²) in [7, 11) is 0. The van der Waals surface area contributed by atoms with E-state index in [1.54, 1.807) is 0 Å². The predicted molar refractivity (Wildman–Crippen MR) is 359 cm³/mol. The summed E-state index contributed by atoms with van der Waals surface area (Å²) >= 11 is 8.00. The quantitative estimate of drug-likeness (QED) is 0.0270. The average molecular weight is 1510 g/mol. The minimum atomic E-state index is -1.83. The summed E-state index contributed by atoms with van der Waals surface area (Å²) in [5.41, 5.74) is 5.49. The van der Waals surface area contributed by atoms with E-state index in [0.717, 1.165) is 23.3 Å². The van der Waals surface area contributed by atoms with Crippen LogP contribution in [0.1, 0.15) is 51.5 Å². The molecule has 23 N–H and O–H groups in total. The molecule has 18 amide bonds. The molecule has 2 fully saturated rings. The Morgan fingerprint density at radius 3 is 1.48 bits per heavy atom. The van der Waals surface area contributed by atoms with E-state index in [0.29, 0.717) is 51.1 Å². The number of aliphatic hydroxyl groups excluding tert-OH is 3. The zero-order chi connectivity index (χ0) is 77.8. The van der Waals surface area contributed by atoms with Crippen LogP contribution in [0.2, 0.25) is 0 Å². The SMILES string of the molecule is CC[C@H](NC(=O)[C@@H]1CCCN1C(=O)CNC(=O)[CH]NC(=O)[CH]NC(=O)[C@@H]1CCCN1C(=O)[CH]NC(=O)[CH]NC(=O)[CH]NC(=O)[CH]NC(=O)CN)C(=O)N[C@@H](Cc1ccc(O)cc1)C(=O)NCC(=O)N[C@@H](CS)C(=O)NCC(=O)N[C@H](C(=O)N[C@@H](CO)C(=O)N[C@@H](CS)C(=O)N[C@@H](CO)C(=O)O)[C@@H](C)O. The lowest BCUT2D eigenvalue weighted by atomic mass is 10.0.